The summed E-state index contributed by atoms with van der Waals surface area (Å²) in [4.78, 5) is 13.0. The van der Waals surface area contributed by atoms with Crippen molar-refractivity contribution < 1.29 is 4.74 Å². The van der Waals surface area contributed by atoms with Crippen LogP contribution in [0.1, 0.15) is 11.3 Å². The second-order valence-corrected chi connectivity index (χ2v) is 5.33. The fourth-order valence-electron chi connectivity index (χ4n) is 2.68. The van der Waals surface area contributed by atoms with Crippen molar-refractivity contribution in [2.45, 2.75) is 6.42 Å². The third kappa shape index (κ3) is 2.58. The zero-order chi connectivity index (χ0) is 16.4. The molecule has 0 amide bonds. The molecule has 118 valence electrons. The van der Waals surface area contributed by atoms with Gasteiger partial charge in [0, 0.05) is 54.1 Å². The van der Waals surface area contributed by atoms with Crippen molar-refractivity contribution in [3.8, 4) is 17.0 Å². The van der Waals surface area contributed by atoms with E-state index >= 15 is 0 Å². The van der Waals surface area contributed by atoms with Gasteiger partial charge in [-0.3, -0.25) is 9.97 Å². The Morgan fingerprint density at radius 2 is 1.83 bits per heavy atom. The lowest BCUT2D eigenvalue weighted by atomic mass is 10.1. The Bertz CT molecular complexity index is 981. The Balaban J connectivity index is 1.75. The molecule has 0 aromatic carbocycles. The first-order valence-electron chi connectivity index (χ1n) is 7.56. The highest BCUT2D eigenvalue weighted by atomic mass is 16.5. The molecular formula is C18H15N5O. The minimum atomic E-state index is 0.646. The molecular weight excluding hydrogens is 302 g/mol. The van der Waals surface area contributed by atoms with E-state index in [2.05, 4.69) is 20.1 Å². The van der Waals surface area contributed by atoms with E-state index in [9.17, 15) is 0 Å². The average molecular weight is 317 g/mol. The molecule has 4 aromatic heterocycles. The summed E-state index contributed by atoms with van der Waals surface area (Å²) in [7, 11) is 1.65. The maximum absolute atomic E-state index is 5.26. The summed E-state index contributed by atoms with van der Waals surface area (Å²) < 4.78 is 7.11. The first-order chi connectivity index (χ1) is 11.8. The topological polar surface area (TPSA) is 65.2 Å². The van der Waals surface area contributed by atoms with E-state index in [1.165, 1.54) is 0 Å². The summed E-state index contributed by atoms with van der Waals surface area (Å²) in [6.07, 6.45) is 9.57. The van der Waals surface area contributed by atoms with Gasteiger partial charge in [0.1, 0.15) is 5.75 Å². The van der Waals surface area contributed by atoms with E-state index in [0.29, 0.717) is 6.42 Å². The van der Waals surface area contributed by atoms with Gasteiger partial charge in [0.2, 0.25) is 0 Å². The Labute approximate surface area is 138 Å². The van der Waals surface area contributed by atoms with Crippen LogP contribution in [0, 0.1) is 0 Å². The molecule has 4 aromatic rings. The van der Waals surface area contributed by atoms with Gasteiger partial charge < -0.3 is 4.74 Å². The Kier molecular flexibility index (Phi) is 3.63. The molecule has 0 aliphatic rings. The lowest BCUT2D eigenvalue weighted by molar-refractivity contribution is 0.413. The zero-order valence-corrected chi connectivity index (χ0v) is 13.1. The molecule has 0 aliphatic heterocycles. The largest absolute Gasteiger partial charge is 0.497 e. The molecule has 0 N–H and O–H groups in total. The van der Waals surface area contributed by atoms with E-state index < -0.39 is 0 Å². The van der Waals surface area contributed by atoms with Crippen LogP contribution in [0.5, 0.6) is 5.75 Å². The molecule has 0 bridgehead atoms. The second kappa shape index (κ2) is 6.08. The monoisotopic (exact) mass is 317 g/mol. The highest BCUT2D eigenvalue weighted by Gasteiger charge is 2.11. The fourth-order valence-corrected chi connectivity index (χ4v) is 2.68. The van der Waals surface area contributed by atoms with E-state index in [1.54, 1.807) is 31.9 Å². The first kappa shape index (κ1) is 14.3. The minimum Gasteiger partial charge on any atom is -0.497 e. The molecule has 0 unspecified atom stereocenters. The van der Waals surface area contributed by atoms with Crippen molar-refractivity contribution in [3.63, 3.8) is 0 Å². The Hall–Kier alpha value is -3.28. The summed E-state index contributed by atoms with van der Waals surface area (Å²) >= 11 is 0. The maximum Gasteiger partial charge on any atom is 0.159 e. The summed E-state index contributed by atoms with van der Waals surface area (Å²) in [5.74, 6) is 0.793. The maximum atomic E-state index is 5.26. The summed E-state index contributed by atoms with van der Waals surface area (Å²) in [6, 6.07) is 9.62. The third-order valence-corrected chi connectivity index (χ3v) is 3.85. The molecule has 0 fully saturated rings. The molecule has 0 radical (unpaired) electrons. The quantitative estimate of drug-likeness (QED) is 0.579. The lowest BCUT2D eigenvalue weighted by Crippen LogP contribution is -1.97. The van der Waals surface area contributed by atoms with Gasteiger partial charge in [-0.25, -0.2) is 9.50 Å². The third-order valence-electron chi connectivity index (χ3n) is 3.85. The van der Waals surface area contributed by atoms with Crippen molar-refractivity contribution in [1.82, 2.24) is 24.6 Å². The van der Waals surface area contributed by atoms with E-state index in [4.69, 9.17) is 4.74 Å². The van der Waals surface area contributed by atoms with Gasteiger partial charge in [-0.15, -0.1) is 0 Å². The average Bonchev–Trinajstić information content (AvgIpc) is 3.05. The van der Waals surface area contributed by atoms with Gasteiger partial charge in [0.05, 0.1) is 19.0 Å². The molecule has 0 saturated carbocycles. The number of rotatable bonds is 4. The highest BCUT2D eigenvalue weighted by molar-refractivity contribution is 5.63. The standard InChI is InChI=1S/C18H15N5O/c1-24-16-4-8-20-15(11-16)10-14-12-22-23-17(5-9-21-18(14)23)13-2-6-19-7-3-13/h2-9,11-12H,10H2,1H3. The number of methoxy groups -OCH3 is 1. The van der Waals surface area contributed by atoms with Crippen molar-refractivity contribution in [1.29, 1.82) is 0 Å². The predicted octanol–water partition coefficient (Wildman–Crippen LogP) is 2.79. The number of hydrogen-bond donors (Lipinski definition) is 0. The molecule has 0 saturated heterocycles. The zero-order valence-electron chi connectivity index (χ0n) is 13.1. The van der Waals surface area contributed by atoms with Crippen LogP contribution in [-0.4, -0.2) is 31.7 Å². The van der Waals surface area contributed by atoms with Gasteiger partial charge in [0.15, 0.2) is 5.65 Å². The number of fused-ring (bicyclic) bond motifs is 1. The molecule has 0 spiro atoms. The van der Waals surface area contributed by atoms with E-state index in [1.807, 2.05) is 41.0 Å². The number of nitrogens with zero attached hydrogens (tertiary/aromatic N) is 5. The van der Waals surface area contributed by atoms with Crippen LogP contribution in [-0.2, 0) is 6.42 Å². The lowest BCUT2D eigenvalue weighted by Gasteiger charge is -2.05. The van der Waals surface area contributed by atoms with Crippen LogP contribution in [0.4, 0.5) is 0 Å². The van der Waals surface area contributed by atoms with Crippen LogP contribution in [0.3, 0.4) is 0 Å². The van der Waals surface area contributed by atoms with Crippen LogP contribution in [0.2, 0.25) is 0 Å². The summed E-state index contributed by atoms with van der Waals surface area (Å²) in [5.41, 5.74) is 4.79. The van der Waals surface area contributed by atoms with Crippen molar-refractivity contribution in [3.05, 3.63) is 72.6 Å². The molecule has 0 atom stereocenters. The van der Waals surface area contributed by atoms with Crippen LogP contribution in [0.25, 0.3) is 16.9 Å². The Morgan fingerprint density at radius 1 is 1.00 bits per heavy atom. The van der Waals surface area contributed by atoms with E-state index in [0.717, 1.165) is 33.9 Å². The SMILES string of the molecule is COc1ccnc(Cc2cnn3c(-c4ccncc4)ccnc23)c1. The molecule has 4 heterocycles. The number of hydrogen-bond acceptors (Lipinski definition) is 5. The van der Waals surface area contributed by atoms with E-state index in [-0.39, 0.29) is 0 Å². The summed E-state index contributed by atoms with van der Waals surface area (Å²) in [6.45, 7) is 0. The van der Waals surface area contributed by atoms with Crippen molar-refractivity contribution in [2.75, 3.05) is 7.11 Å². The van der Waals surface area contributed by atoms with Crippen molar-refractivity contribution >= 4 is 5.65 Å². The minimum absolute atomic E-state index is 0.646. The number of ether oxygens (including phenoxy) is 1. The van der Waals surface area contributed by atoms with Crippen LogP contribution >= 0.6 is 0 Å². The van der Waals surface area contributed by atoms with Crippen molar-refractivity contribution in [2.24, 2.45) is 0 Å². The molecule has 6 heteroatoms. The molecule has 24 heavy (non-hydrogen) atoms. The smallest absolute Gasteiger partial charge is 0.159 e. The van der Waals surface area contributed by atoms with Crippen LogP contribution in [0.15, 0.2) is 61.3 Å². The van der Waals surface area contributed by atoms with Gasteiger partial charge in [-0.2, -0.15) is 5.10 Å². The summed E-state index contributed by atoms with van der Waals surface area (Å²) in [5, 5.41) is 4.51. The number of aromatic nitrogens is 5. The van der Waals surface area contributed by atoms with Gasteiger partial charge in [-0.1, -0.05) is 0 Å². The van der Waals surface area contributed by atoms with Gasteiger partial charge in [0.25, 0.3) is 0 Å². The predicted molar refractivity (Wildman–Crippen MR) is 89.8 cm³/mol. The second-order valence-electron chi connectivity index (χ2n) is 5.33. The van der Waals surface area contributed by atoms with Gasteiger partial charge >= 0.3 is 0 Å². The highest BCUT2D eigenvalue weighted by Crippen LogP contribution is 2.22. The fraction of sp³-hybridized carbons (Fsp3) is 0.111. The Morgan fingerprint density at radius 3 is 2.67 bits per heavy atom. The molecule has 4 rings (SSSR count). The normalized spacial score (nSPS) is 10.9. The van der Waals surface area contributed by atoms with Crippen LogP contribution < -0.4 is 4.74 Å². The first-order valence-corrected chi connectivity index (χ1v) is 7.56. The molecule has 6 nitrogen and oxygen atoms in total. The van der Waals surface area contributed by atoms with Gasteiger partial charge in [-0.05, 0) is 24.3 Å². The molecule has 0 aliphatic carbocycles. The number of pyridine rings is 2.